The van der Waals surface area contributed by atoms with E-state index in [1.165, 1.54) is 7.05 Å². The van der Waals surface area contributed by atoms with Crippen LogP contribution < -0.4 is 9.79 Å². The molecule has 0 saturated heterocycles. The minimum Gasteiger partial charge on any atom is -0.816 e. The molecule has 0 aliphatic carbocycles. The van der Waals surface area contributed by atoms with Crippen LogP contribution in [-0.2, 0) is 13.6 Å². The Morgan fingerprint density at radius 2 is 2.50 bits per heavy atom. The van der Waals surface area contributed by atoms with Crippen molar-refractivity contribution in [2.24, 2.45) is 7.05 Å². The highest BCUT2D eigenvalue weighted by Crippen LogP contribution is 1.81. The van der Waals surface area contributed by atoms with Crippen LogP contribution >= 0.6 is 0 Å². The van der Waals surface area contributed by atoms with Crippen LogP contribution in [-0.4, -0.2) is 26.8 Å². The van der Waals surface area contributed by atoms with Crippen LogP contribution in [0.25, 0.3) is 0 Å². The molecule has 0 unspecified atom stereocenters. The summed E-state index contributed by atoms with van der Waals surface area (Å²) in [5, 5.41) is 26.1. The third-order valence-corrected chi connectivity index (χ3v) is 1.02. The van der Waals surface area contributed by atoms with Gasteiger partial charge >= 0.3 is 0 Å². The van der Waals surface area contributed by atoms with Crippen molar-refractivity contribution in [3.05, 3.63) is 0 Å². The summed E-state index contributed by atoms with van der Waals surface area (Å²) in [6, 6.07) is -0.409. The summed E-state index contributed by atoms with van der Waals surface area (Å²) < 4.78 is 1.11. The Balaban J connectivity index is 2.77. The molecule has 0 aromatic carbocycles. The molecule has 0 saturated carbocycles. The Labute approximate surface area is 57.3 Å². The molecule has 6 heteroatoms. The fourth-order valence-electron chi connectivity index (χ4n) is 0.561. The fourth-order valence-corrected chi connectivity index (χ4v) is 0.561. The molecule has 6 nitrogen and oxygen atoms in total. The molecule has 1 heterocycles. The Kier molecular flexibility index (Phi) is 1.81. The van der Waals surface area contributed by atoms with Gasteiger partial charge in [0.2, 0.25) is 0 Å². The van der Waals surface area contributed by atoms with Gasteiger partial charge in [0.1, 0.15) is 0 Å². The second kappa shape index (κ2) is 2.61. The molecule has 0 bridgehead atoms. The number of aliphatic hydroxyl groups is 1. The maximum Gasteiger partial charge on any atom is 0.266 e. The second-order valence-corrected chi connectivity index (χ2v) is 1.82. The van der Waals surface area contributed by atoms with Gasteiger partial charge in [0.25, 0.3) is 6.01 Å². The second-order valence-electron chi connectivity index (χ2n) is 1.82. The van der Waals surface area contributed by atoms with Gasteiger partial charge in [0.05, 0.1) is 24.0 Å². The van der Waals surface area contributed by atoms with Crippen LogP contribution in [0.1, 0.15) is 0 Å². The van der Waals surface area contributed by atoms with Crippen LogP contribution in [0.3, 0.4) is 0 Å². The molecule has 0 atom stereocenters. The summed E-state index contributed by atoms with van der Waals surface area (Å²) in [5.41, 5.74) is 0. The van der Waals surface area contributed by atoms with Crippen molar-refractivity contribution < 1.29 is 14.9 Å². The number of hydrogen-bond acceptors (Lipinski definition) is 4. The Bertz CT molecular complexity index is 202. The molecule has 0 aliphatic heterocycles. The van der Waals surface area contributed by atoms with Gasteiger partial charge in [0, 0.05) is 0 Å². The first-order valence-electron chi connectivity index (χ1n) is 2.83. The van der Waals surface area contributed by atoms with Gasteiger partial charge in [-0.05, 0) is 4.80 Å². The van der Waals surface area contributed by atoms with Crippen molar-refractivity contribution in [1.82, 2.24) is 15.1 Å². The molecular weight excluding hydrogens is 136 g/mol. The molecule has 1 aromatic rings. The first kappa shape index (κ1) is 6.94. The predicted octanol–water partition coefficient (Wildman–Crippen LogP) is -2.83. The minimum absolute atomic E-state index is 0.0614. The van der Waals surface area contributed by atoms with Crippen molar-refractivity contribution in [2.45, 2.75) is 6.54 Å². The third kappa shape index (κ3) is 1.21. The monoisotopic (exact) mass is 144 g/mol. The number of tetrazole rings is 1. The van der Waals surface area contributed by atoms with E-state index in [0.29, 0.717) is 0 Å². The topological polar surface area (TPSA) is 77.9 Å². The lowest BCUT2D eigenvalue weighted by atomic mass is 10.7. The quantitative estimate of drug-likeness (QED) is 0.454. The normalized spacial score (nSPS) is 10.2. The van der Waals surface area contributed by atoms with Crippen LogP contribution in [0, 0.1) is 0 Å². The standard InChI is InChI=1S/C4H8N4O2/c1-7-4(10)5-8(6-7)2-3-9/h9H,2-3H2,1H3. The molecule has 0 radical (unpaired) electrons. The summed E-state index contributed by atoms with van der Waals surface area (Å²) in [7, 11) is 1.50. The van der Waals surface area contributed by atoms with E-state index in [9.17, 15) is 5.11 Å². The van der Waals surface area contributed by atoms with Crippen LogP contribution in [0.2, 0.25) is 0 Å². The summed E-state index contributed by atoms with van der Waals surface area (Å²) in [6.07, 6.45) is 0. The maximum atomic E-state index is 10.6. The maximum absolute atomic E-state index is 10.6. The molecule has 0 aliphatic rings. The first-order valence-corrected chi connectivity index (χ1v) is 2.83. The van der Waals surface area contributed by atoms with E-state index >= 15 is 0 Å². The highest BCUT2D eigenvalue weighted by molar-refractivity contribution is 4.62. The Hall–Kier alpha value is -1.17. The highest BCUT2D eigenvalue weighted by Gasteiger charge is 2.05. The number of aliphatic hydroxyl groups excluding tert-OH is 1. The lowest BCUT2D eigenvalue weighted by Gasteiger charge is -1.85. The number of hydrogen-bond donors (Lipinski definition) is 1. The van der Waals surface area contributed by atoms with E-state index in [4.69, 9.17) is 5.11 Å². The van der Waals surface area contributed by atoms with E-state index in [-0.39, 0.29) is 13.2 Å². The SMILES string of the molecule is C[n+]1nn(CCO)nc1[O-]. The fraction of sp³-hybridized carbons (Fsp3) is 0.750. The zero-order valence-corrected chi connectivity index (χ0v) is 5.56. The highest BCUT2D eigenvalue weighted by atomic mass is 16.3. The van der Waals surface area contributed by atoms with Gasteiger partial charge in [0.15, 0.2) is 6.54 Å². The zero-order chi connectivity index (χ0) is 7.56. The largest absolute Gasteiger partial charge is 0.816 e. The van der Waals surface area contributed by atoms with Crippen molar-refractivity contribution in [3.8, 4) is 6.01 Å². The molecule has 0 spiro atoms. The predicted molar refractivity (Wildman–Crippen MR) is 27.7 cm³/mol. The lowest BCUT2D eigenvalue weighted by molar-refractivity contribution is -0.767. The van der Waals surface area contributed by atoms with Gasteiger partial charge in [-0.15, -0.1) is 4.68 Å². The summed E-state index contributed by atoms with van der Waals surface area (Å²) >= 11 is 0. The van der Waals surface area contributed by atoms with E-state index in [0.717, 1.165) is 9.48 Å². The first-order chi connectivity index (χ1) is 4.74. The van der Waals surface area contributed by atoms with E-state index in [2.05, 4.69) is 10.3 Å². The lowest BCUT2D eigenvalue weighted by Crippen LogP contribution is -2.34. The van der Waals surface area contributed by atoms with Gasteiger partial charge in [-0.1, -0.05) is 0 Å². The Morgan fingerprint density at radius 3 is 2.90 bits per heavy atom. The molecule has 0 fully saturated rings. The summed E-state index contributed by atoms with van der Waals surface area (Å²) in [6.45, 7) is 0.199. The molecule has 1 N–H and O–H groups in total. The third-order valence-electron chi connectivity index (χ3n) is 1.02. The zero-order valence-electron chi connectivity index (χ0n) is 5.56. The number of rotatable bonds is 2. The van der Waals surface area contributed by atoms with Crippen molar-refractivity contribution in [2.75, 3.05) is 6.61 Å². The Morgan fingerprint density at radius 1 is 1.80 bits per heavy atom. The van der Waals surface area contributed by atoms with Gasteiger partial charge in [-0.25, -0.2) is 0 Å². The van der Waals surface area contributed by atoms with Crippen molar-refractivity contribution in [1.29, 1.82) is 0 Å². The molecule has 1 aromatic heterocycles. The summed E-state index contributed by atoms with van der Waals surface area (Å²) in [5.74, 6) is 0. The average molecular weight is 144 g/mol. The smallest absolute Gasteiger partial charge is 0.266 e. The van der Waals surface area contributed by atoms with E-state index in [1.54, 1.807) is 0 Å². The number of aromatic nitrogens is 4. The van der Waals surface area contributed by atoms with E-state index < -0.39 is 6.01 Å². The van der Waals surface area contributed by atoms with Crippen LogP contribution in [0.5, 0.6) is 6.01 Å². The van der Waals surface area contributed by atoms with Crippen LogP contribution in [0.15, 0.2) is 0 Å². The minimum atomic E-state index is -0.409. The van der Waals surface area contributed by atoms with Crippen LogP contribution in [0.4, 0.5) is 0 Å². The molecule has 1 rings (SSSR count). The average Bonchev–Trinajstić information content (AvgIpc) is 2.14. The molecule has 56 valence electrons. The van der Waals surface area contributed by atoms with E-state index in [1.807, 2.05) is 0 Å². The molecule has 0 amide bonds. The number of nitrogens with zero attached hydrogens (tertiary/aromatic N) is 4. The summed E-state index contributed by atoms with van der Waals surface area (Å²) in [4.78, 5) is 1.16. The molecule has 10 heavy (non-hydrogen) atoms. The number of aryl methyl sites for hydroxylation is 1. The van der Waals surface area contributed by atoms with Gasteiger partial charge in [-0.3, -0.25) is 0 Å². The molecular formula is C4H8N4O2. The van der Waals surface area contributed by atoms with Gasteiger partial charge < -0.3 is 10.2 Å². The van der Waals surface area contributed by atoms with Crippen molar-refractivity contribution >= 4 is 0 Å². The van der Waals surface area contributed by atoms with Gasteiger partial charge in [-0.2, -0.15) is 0 Å². The van der Waals surface area contributed by atoms with Crippen molar-refractivity contribution in [3.63, 3.8) is 0 Å².